The van der Waals surface area contributed by atoms with Gasteiger partial charge in [0.1, 0.15) is 0 Å². The van der Waals surface area contributed by atoms with Crippen LogP contribution in [0.4, 0.5) is 10.3 Å². The van der Waals surface area contributed by atoms with Gasteiger partial charge in [-0.3, -0.25) is 5.10 Å². The zero-order valence-corrected chi connectivity index (χ0v) is 11.1. The Balaban J connectivity index is 1.84. The topological polar surface area (TPSA) is 63.3 Å². The Hall–Kier alpha value is -2.15. The molecule has 0 radical (unpaired) electrons. The molecular formula is C13H15FN4O2. The summed E-state index contributed by atoms with van der Waals surface area (Å²) in [6.07, 6.45) is 0. The van der Waals surface area contributed by atoms with E-state index >= 15 is 0 Å². The van der Waals surface area contributed by atoms with Crippen LogP contribution < -0.4 is 9.64 Å². The minimum absolute atomic E-state index is 0.210. The fourth-order valence-corrected chi connectivity index (χ4v) is 2.10. The third-order valence-corrected chi connectivity index (χ3v) is 3.19. The Morgan fingerprint density at radius 3 is 2.85 bits per heavy atom. The molecule has 0 saturated carbocycles. The van der Waals surface area contributed by atoms with Crippen LogP contribution in [0.25, 0.3) is 11.4 Å². The van der Waals surface area contributed by atoms with Gasteiger partial charge in [0.05, 0.1) is 20.3 Å². The number of anilines is 1. The molecule has 0 aliphatic carbocycles. The predicted octanol–water partition coefficient (Wildman–Crippen LogP) is 1.46. The number of hydrogen-bond acceptors (Lipinski definition) is 5. The molecule has 1 aliphatic rings. The second kappa shape index (κ2) is 5.46. The number of rotatable bonds is 3. The van der Waals surface area contributed by atoms with Gasteiger partial charge in [-0.05, 0) is 18.2 Å². The molecule has 3 rings (SSSR count). The molecule has 0 spiro atoms. The van der Waals surface area contributed by atoms with Crippen LogP contribution in [0.3, 0.4) is 0 Å². The third-order valence-electron chi connectivity index (χ3n) is 3.19. The molecule has 0 atom stereocenters. The number of H-pyrrole nitrogens is 1. The van der Waals surface area contributed by atoms with Gasteiger partial charge in [0.15, 0.2) is 17.4 Å². The second-order valence-corrected chi connectivity index (χ2v) is 4.43. The fourth-order valence-electron chi connectivity index (χ4n) is 2.10. The molecule has 0 bridgehead atoms. The highest BCUT2D eigenvalue weighted by Gasteiger charge is 2.16. The fraction of sp³-hybridized carbons (Fsp3) is 0.385. The summed E-state index contributed by atoms with van der Waals surface area (Å²) in [5.74, 6) is 0.934. The number of nitrogens with one attached hydrogen (secondary N) is 1. The molecule has 0 unspecified atom stereocenters. The van der Waals surface area contributed by atoms with Gasteiger partial charge in [0, 0.05) is 18.7 Å². The zero-order chi connectivity index (χ0) is 13.9. The first-order valence-corrected chi connectivity index (χ1v) is 6.37. The normalized spacial score (nSPS) is 15.4. The monoisotopic (exact) mass is 278 g/mol. The number of aromatic amines is 1. The maximum atomic E-state index is 13.7. The molecule has 1 fully saturated rings. The molecule has 1 aromatic heterocycles. The molecule has 2 heterocycles. The molecular weight excluding hydrogens is 263 g/mol. The van der Waals surface area contributed by atoms with E-state index in [1.165, 1.54) is 13.2 Å². The lowest BCUT2D eigenvalue weighted by molar-refractivity contribution is 0.122. The lowest BCUT2D eigenvalue weighted by atomic mass is 10.2. The molecule has 1 N–H and O–H groups in total. The van der Waals surface area contributed by atoms with Gasteiger partial charge in [-0.25, -0.2) is 4.39 Å². The molecule has 1 aromatic carbocycles. The van der Waals surface area contributed by atoms with Gasteiger partial charge in [0.2, 0.25) is 5.95 Å². The van der Waals surface area contributed by atoms with Crippen molar-refractivity contribution in [1.82, 2.24) is 15.2 Å². The van der Waals surface area contributed by atoms with Crippen molar-refractivity contribution in [2.24, 2.45) is 0 Å². The van der Waals surface area contributed by atoms with Crippen LogP contribution in [0.1, 0.15) is 0 Å². The van der Waals surface area contributed by atoms with Crippen molar-refractivity contribution in [2.75, 3.05) is 38.3 Å². The highest BCUT2D eigenvalue weighted by atomic mass is 19.1. The van der Waals surface area contributed by atoms with Crippen LogP contribution in [0, 0.1) is 5.82 Å². The minimum Gasteiger partial charge on any atom is -0.494 e. The van der Waals surface area contributed by atoms with Gasteiger partial charge in [-0.1, -0.05) is 0 Å². The SMILES string of the molecule is COc1ccc(-c2nc(N3CCOCC3)n[nH]2)cc1F. The smallest absolute Gasteiger partial charge is 0.245 e. The first-order valence-electron chi connectivity index (χ1n) is 6.37. The number of methoxy groups -OCH3 is 1. The van der Waals surface area contributed by atoms with Crippen molar-refractivity contribution < 1.29 is 13.9 Å². The van der Waals surface area contributed by atoms with Gasteiger partial charge < -0.3 is 14.4 Å². The van der Waals surface area contributed by atoms with E-state index in [0.29, 0.717) is 30.5 Å². The third kappa shape index (κ3) is 2.44. The highest BCUT2D eigenvalue weighted by Crippen LogP contribution is 2.24. The number of halogens is 1. The van der Waals surface area contributed by atoms with Crippen molar-refractivity contribution in [2.45, 2.75) is 0 Å². The number of morpholine rings is 1. The summed E-state index contributed by atoms with van der Waals surface area (Å²) in [5.41, 5.74) is 0.635. The summed E-state index contributed by atoms with van der Waals surface area (Å²) in [5, 5.41) is 7.00. The number of benzene rings is 1. The summed E-state index contributed by atoms with van der Waals surface area (Å²) in [6.45, 7) is 2.85. The summed E-state index contributed by atoms with van der Waals surface area (Å²) in [6, 6.07) is 4.69. The molecule has 7 heteroatoms. The molecule has 0 amide bonds. The maximum Gasteiger partial charge on any atom is 0.245 e. The van der Waals surface area contributed by atoms with Gasteiger partial charge >= 0.3 is 0 Å². The van der Waals surface area contributed by atoms with Crippen molar-refractivity contribution in [3.05, 3.63) is 24.0 Å². The van der Waals surface area contributed by atoms with Crippen LogP contribution in [0.15, 0.2) is 18.2 Å². The molecule has 1 aliphatic heterocycles. The van der Waals surface area contributed by atoms with Crippen molar-refractivity contribution >= 4 is 5.95 Å². The quantitative estimate of drug-likeness (QED) is 0.920. The number of ether oxygens (including phenoxy) is 2. The summed E-state index contributed by atoms with van der Waals surface area (Å²) >= 11 is 0. The highest BCUT2D eigenvalue weighted by molar-refractivity contribution is 5.58. The van der Waals surface area contributed by atoms with Gasteiger partial charge in [0.25, 0.3) is 0 Å². The van der Waals surface area contributed by atoms with Crippen LogP contribution in [-0.2, 0) is 4.74 Å². The first kappa shape index (κ1) is 12.9. The number of hydrogen-bond donors (Lipinski definition) is 1. The Labute approximate surface area is 115 Å². The largest absolute Gasteiger partial charge is 0.494 e. The van der Waals surface area contributed by atoms with Gasteiger partial charge in [-0.2, -0.15) is 4.98 Å². The number of aromatic nitrogens is 3. The number of nitrogens with zero attached hydrogens (tertiary/aromatic N) is 3. The average molecular weight is 278 g/mol. The standard InChI is InChI=1S/C13H15FN4O2/c1-19-11-3-2-9(8-10(11)14)12-15-13(17-16-12)18-4-6-20-7-5-18/h2-3,8H,4-7H2,1H3,(H,15,16,17). The van der Waals surface area contributed by atoms with Crippen molar-refractivity contribution in [3.8, 4) is 17.1 Å². The Bertz CT molecular complexity index is 596. The summed E-state index contributed by atoms with van der Waals surface area (Å²) in [7, 11) is 1.43. The van der Waals surface area contributed by atoms with E-state index < -0.39 is 5.82 Å². The van der Waals surface area contributed by atoms with E-state index in [0.717, 1.165) is 13.1 Å². The molecule has 2 aromatic rings. The zero-order valence-electron chi connectivity index (χ0n) is 11.1. The van der Waals surface area contributed by atoms with E-state index in [1.807, 2.05) is 4.90 Å². The van der Waals surface area contributed by atoms with E-state index in [4.69, 9.17) is 9.47 Å². The molecule has 106 valence electrons. The average Bonchev–Trinajstić information content (AvgIpc) is 2.98. The first-order chi connectivity index (χ1) is 9.78. The molecule has 20 heavy (non-hydrogen) atoms. The second-order valence-electron chi connectivity index (χ2n) is 4.43. The molecule has 1 saturated heterocycles. The Morgan fingerprint density at radius 1 is 1.35 bits per heavy atom. The minimum atomic E-state index is -0.422. The van der Waals surface area contributed by atoms with Crippen LogP contribution in [-0.4, -0.2) is 48.6 Å². The Morgan fingerprint density at radius 2 is 2.15 bits per heavy atom. The maximum absolute atomic E-state index is 13.7. The van der Waals surface area contributed by atoms with Crippen molar-refractivity contribution in [3.63, 3.8) is 0 Å². The van der Waals surface area contributed by atoms with E-state index in [-0.39, 0.29) is 5.75 Å². The summed E-state index contributed by atoms with van der Waals surface area (Å²) in [4.78, 5) is 6.43. The lowest BCUT2D eigenvalue weighted by Gasteiger charge is -2.25. The predicted molar refractivity (Wildman–Crippen MR) is 71.4 cm³/mol. The van der Waals surface area contributed by atoms with E-state index in [1.54, 1.807) is 12.1 Å². The van der Waals surface area contributed by atoms with Crippen molar-refractivity contribution in [1.29, 1.82) is 0 Å². The van der Waals surface area contributed by atoms with Crippen LogP contribution in [0.5, 0.6) is 5.75 Å². The molecule has 6 nitrogen and oxygen atoms in total. The van der Waals surface area contributed by atoms with E-state index in [2.05, 4.69) is 15.2 Å². The van der Waals surface area contributed by atoms with Gasteiger partial charge in [-0.15, -0.1) is 5.10 Å². The van der Waals surface area contributed by atoms with Crippen LogP contribution in [0.2, 0.25) is 0 Å². The lowest BCUT2D eigenvalue weighted by Crippen LogP contribution is -2.36. The Kier molecular flexibility index (Phi) is 3.51. The summed E-state index contributed by atoms with van der Waals surface area (Å²) < 4.78 is 23.9. The van der Waals surface area contributed by atoms with Crippen LogP contribution >= 0.6 is 0 Å². The van der Waals surface area contributed by atoms with E-state index in [9.17, 15) is 4.39 Å².